The first kappa shape index (κ1) is 18.5. The van der Waals surface area contributed by atoms with Crippen LogP contribution in [0.3, 0.4) is 0 Å². The highest BCUT2D eigenvalue weighted by atomic mass is 28.4. The minimum absolute atomic E-state index is 0.275. The Kier molecular flexibility index (Phi) is 5.58. The van der Waals surface area contributed by atoms with Gasteiger partial charge in [-0.15, -0.1) is 0 Å². The van der Waals surface area contributed by atoms with Crippen molar-refractivity contribution < 1.29 is 4.43 Å². The molecule has 0 N–H and O–H groups in total. The summed E-state index contributed by atoms with van der Waals surface area (Å²) in [6.07, 6.45) is 8.19. The van der Waals surface area contributed by atoms with Crippen molar-refractivity contribution in [2.45, 2.75) is 85.9 Å². The Labute approximate surface area is 134 Å². The molecular weight excluding hydrogens is 272 g/mol. The molecule has 0 bridgehead atoms. The Morgan fingerprint density at radius 1 is 1.33 bits per heavy atom. The minimum atomic E-state index is -1.69. The average Bonchev–Trinajstić information content (AvgIpc) is 2.24. The van der Waals surface area contributed by atoms with Crippen LogP contribution in [-0.2, 0) is 4.43 Å². The lowest BCUT2D eigenvalue weighted by molar-refractivity contribution is 0.166. The molecule has 0 saturated heterocycles. The first-order valence-electron chi connectivity index (χ1n) is 8.36. The van der Waals surface area contributed by atoms with E-state index in [2.05, 4.69) is 73.7 Å². The largest absolute Gasteiger partial charge is 0.547 e. The van der Waals surface area contributed by atoms with Crippen molar-refractivity contribution in [3.63, 3.8) is 0 Å². The molecule has 0 heterocycles. The summed E-state index contributed by atoms with van der Waals surface area (Å²) in [4.78, 5) is 0. The summed E-state index contributed by atoms with van der Waals surface area (Å²) < 4.78 is 6.54. The lowest BCUT2D eigenvalue weighted by Gasteiger charge is -2.43. The van der Waals surface area contributed by atoms with Crippen LogP contribution < -0.4 is 0 Å². The van der Waals surface area contributed by atoms with Gasteiger partial charge in [0.2, 0.25) is 8.32 Å². The van der Waals surface area contributed by atoms with E-state index < -0.39 is 8.32 Å². The van der Waals surface area contributed by atoms with Crippen molar-refractivity contribution in [2.24, 2.45) is 11.3 Å². The van der Waals surface area contributed by atoms with Crippen LogP contribution in [0, 0.1) is 11.3 Å². The summed E-state index contributed by atoms with van der Waals surface area (Å²) in [5.41, 5.74) is 1.76. The summed E-state index contributed by atoms with van der Waals surface area (Å²) in [5.74, 6) is 1.99. The van der Waals surface area contributed by atoms with Gasteiger partial charge >= 0.3 is 0 Å². The second kappa shape index (κ2) is 6.32. The van der Waals surface area contributed by atoms with Gasteiger partial charge in [-0.25, -0.2) is 0 Å². The summed E-state index contributed by atoms with van der Waals surface area (Å²) in [6.45, 7) is 20.8. The Hall–Kier alpha value is -0.503. The van der Waals surface area contributed by atoms with E-state index in [0.29, 0.717) is 5.41 Å². The molecule has 0 fully saturated rings. The molecule has 1 aliphatic rings. The molecule has 1 aliphatic carbocycles. The van der Waals surface area contributed by atoms with Crippen LogP contribution in [0.15, 0.2) is 23.5 Å². The highest BCUT2D eigenvalue weighted by molar-refractivity contribution is 6.74. The van der Waals surface area contributed by atoms with Crippen LogP contribution in [-0.4, -0.2) is 8.32 Å². The molecule has 1 rings (SSSR count). The summed E-state index contributed by atoms with van der Waals surface area (Å²) >= 11 is 0. The minimum Gasteiger partial charge on any atom is -0.547 e. The molecule has 0 radical (unpaired) electrons. The average molecular weight is 309 g/mol. The second-order valence-corrected chi connectivity index (χ2v) is 13.9. The van der Waals surface area contributed by atoms with Crippen LogP contribution in [0.5, 0.6) is 0 Å². The van der Waals surface area contributed by atoms with E-state index in [1.807, 2.05) is 0 Å². The predicted octanol–water partition coefficient (Wildman–Crippen LogP) is 6.68. The summed E-state index contributed by atoms with van der Waals surface area (Å²) in [6, 6.07) is 0. The zero-order chi connectivity index (χ0) is 16.5. The topological polar surface area (TPSA) is 9.23 Å². The van der Waals surface area contributed by atoms with Gasteiger partial charge in [-0.05, 0) is 62.2 Å². The third-order valence-corrected chi connectivity index (χ3v) is 9.75. The van der Waals surface area contributed by atoms with E-state index in [1.165, 1.54) is 17.8 Å². The fraction of sp³-hybridized carbons (Fsp3) is 0.789. The summed E-state index contributed by atoms with van der Waals surface area (Å²) in [5, 5.41) is 0.275. The maximum Gasteiger partial charge on any atom is 0.250 e. The van der Waals surface area contributed by atoms with Crippen molar-refractivity contribution in [3.8, 4) is 0 Å². The summed E-state index contributed by atoms with van der Waals surface area (Å²) in [7, 11) is -1.69. The van der Waals surface area contributed by atoms with Crippen molar-refractivity contribution in [1.82, 2.24) is 0 Å². The maximum absolute atomic E-state index is 6.54. The molecule has 21 heavy (non-hydrogen) atoms. The van der Waals surface area contributed by atoms with Crippen LogP contribution >= 0.6 is 0 Å². The van der Waals surface area contributed by atoms with E-state index in [9.17, 15) is 0 Å². The normalized spacial score (nSPS) is 22.5. The van der Waals surface area contributed by atoms with Crippen molar-refractivity contribution >= 4 is 8.32 Å². The maximum atomic E-state index is 6.54. The van der Waals surface area contributed by atoms with Gasteiger partial charge in [0.1, 0.15) is 0 Å². The van der Waals surface area contributed by atoms with E-state index in [4.69, 9.17) is 4.43 Å². The third kappa shape index (κ3) is 5.02. The molecule has 1 nitrogen and oxygen atoms in total. The predicted molar refractivity (Wildman–Crippen MR) is 96.9 cm³/mol. The van der Waals surface area contributed by atoms with Gasteiger partial charge in [-0.2, -0.15) is 0 Å². The number of hydrogen-bond donors (Lipinski definition) is 0. The number of allylic oxidation sites excluding steroid dienone is 4. The highest BCUT2D eigenvalue weighted by Gasteiger charge is 2.41. The molecule has 1 atom stereocenters. The Bertz CT molecular complexity index is 417. The fourth-order valence-corrected chi connectivity index (χ4v) is 3.73. The second-order valence-electron chi connectivity index (χ2n) is 9.15. The van der Waals surface area contributed by atoms with E-state index in [1.54, 1.807) is 0 Å². The Balaban J connectivity index is 2.80. The van der Waals surface area contributed by atoms with E-state index in [0.717, 1.165) is 18.8 Å². The van der Waals surface area contributed by atoms with Crippen LogP contribution in [0.4, 0.5) is 0 Å². The molecule has 0 aromatic rings. The Morgan fingerprint density at radius 3 is 2.33 bits per heavy atom. The molecule has 2 heteroatoms. The standard InChI is InChI=1S/C19H36OSi/c1-15(2)10-11-16-12-13-17(14-19(16,6)7)20-21(8,9)18(3,4)5/h10,13,16H,11-12,14H2,1-9H3. The van der Waals surface area contributed by atoms with E-state index >= 15 is 0 Å². The Morgan fingerprint density at radius 2 is 1.90 bits per heavy atom. The molecular formula is C19H36OSi. The highest BCUT2D eigenvalue weighted by Crippen LogP contribution is 2.45. The molecule has 0 aromatic carbocycles. The molecule has 0 spiro atoms. The molecule has 0 aromatic heterocycles. The van der Waals surface area contributed by atoms with Gasteiger partial charge in [-0.3, -0.25) is 0 Å². The molecule has 1 unspecified atom stereocenters. The molecule has 0 saturated carbocycles. The monoisotopic (exact) mass is 308 g/mol. The van der Waals surface area contributed by atoms with E-state index in [-0.39, 0.29) is 5.04 Å². The fourth-order valence-electron chi connectivity index (χ4n) is 2.61. The van der Waals surface area contributed by atoms with Gasteiger partial charge < -0.3 is 4.43 Å². The quantitative estimate of drug-likeness (QED) is 0.415. The lowest BCUT2D eigenvalue weighted by Crippen LogP contribution is -2.41. The first-order valence-corrected chi connectivity index (χ1v) is 11.3. The van der Waals surface area contributed by atoms with Crippen molar-refractivity contribution in [2.75, 3.05) is 0 Å². The van der Waals surface area contributed by atoms with Gasteiger partial charge in [0.15, 0.2) is 0 Å². The van der Waals surface area contributed by atoms with Crippen LogP contribution in [0.2, 0.25) is 18.1 Å². The smallest absolute Gasteiger partial charge is 0.250 e. The zero-order valence-electron chi connectivity index (χ0n) is 15.8. The van der Waals surface area contributed by atoms with Crippen molar-refractivity contribution in [3.05, 3.63) is 23.5 Å². The number of rotatable bonds is 4. The molecule has 122 valence electrons. The first-order chi connectivity index (χ1) is 9.35. The van der Waals surface area contributed by atoms with Crippen LogP contribution in [0.1, 0.15) is 67.7 Å². The van der Waals surface area contributed by atoms with Gasteiger partial charge in [0.25, 0.3) is 0 Å². The van der Waals surface area contributed by atoms with Crippen LogP contribution in [0.25, 0.3) is 0 Å². The zero-order valence-corrected chi connectivity index (χ0v) is 16.8. The van der Waals surface area contributed by atoms with Gasteiger partial charge in [0, 0.05) is 6.42 Å². The molecule has 0 aliphatic heterocycles. The molecule has 0 amide bonds. The van der Waals surface area contributed by atoms with Crippen molar-refractivity contribution in [1.29, 1.82) is 0 Å². The van der Waals surface area contributed by atoms with Gasteiger partial charge in [0.05, 0.1) is 5.76 Å². The third-order valence-electron chi connectivity index (χ3n) is 5.37. The SMILES string of the molecule is CC(C)=CCC1CC=C(O[Si](C)(C)C(C)(C)C)CC1(C)C. The number of hydrogen-bond acceptors (Lipinski definition) is 1. The lowest BCUT2D eigenvalue weighted by atomic mass is 9.69. The van der Waals surface area contributed by atoms with Gasteiger partial charge in [-0.1, -0.05) is 46.3 Å².